The number of hydrogen-bond acceptors (Lipinski definition) is 5. The van der Waals surface area contributed by atoms with E-state index in [4.69, 9.17) is 14.9 Å². The quantitative estimate of drug-likeness (QED) is 0.627. The van der Waals surface area contributed by atoms with Crippen molar-refractivity contribution in [2.24, 2.45) is 5.73 Å². The molecule has 2 heterocycles. The first-order chi connectivity index (χ1) is 12.9. The number of hydrogen-bond donors (Lipinski definition) is 1. The molecule has 0 aliphatic carbocycles. The zero-order valence-corrected chi connectivity index (χ0v) is 16.3. The Morgan fingerprint density at radius 1 is 1.07 bits per heavy atom. The van der Waals surface area contributed by atoms with Gasteiger partial charge in [0.15, 0.2) is 5.43 Å². The summed E-state index contributed by atoms with van der Waals surface area (Å²) in [4.78, 5) is 12.7. The van der Waals surface area contributed by atoms with Gasteiger partial charge < -0.3 is 14.9 Å². The lowest BCUT2D eigenvalue weighted by atomic mass is 9.84. The number of nitriles is 1. The number of halogens is 1. The maximum Gasteiger partial charge on any atom is 0.205 e. The number of allylic oxidation sites excluding steroid dienone is 1. The fraction of sp³-hybridized carbons (Fsp3) is 0.143. The number of aryl methyl sites for hydroxylation is 2. The third-order valence-corrected chi connectivity index (χ3v) is 5.34. The molecule has 1 aliphatic rings. The van der Waals surface area contributed by atoms with Crippen LogP contribution in [0, 0.1) is 25.2 Å². The predicted molar refractivity (Wildman–Crippen MR) is 105 cm³/mol. The molecule has 1 atom stereocenters. The largest absolute Gasteiger partial charge is 0.465 e. The van der Waals surface area contributed by atoms with Gasteiger partial charge in [-0.2, -0.15) is 5.26 Å². The zero-order chi connectivity index (χ0) is 19.3. The van der Waals surface area contributed by atoms with E-state index in [0.717, 1.165) is 10.0 Å². The fourth-order valence-corrected chi connectivity index (χ4v) is 3.91. The molecular formula is C21H15BrN2O3. The van der Waals surface area contributed by atoms with E-state index in [9.17, 15) is 10.1 Å². The highest BCUT2D eigenvalue weighted by molar-refractivity contribution is 9.10. The van der Waals surface area contributed by atoms with Gasteiger partial charge in [0.25, 0.3) is 0 Å². The number of rotatable bonds is 1. The molecule has 5 nitrogen and oxygen atoms in total. The molecule has 6 heteroatoms. The molecule has 0 bridgehead atoms. The van der Waals surface area contributed by atoms with Crippen LogP contribution in [-0.4, -0.2) is 0 Å². The highest BCUT2D eigenvalue weighted by Crippen LogP contribution is 2.45. The molecule has 3 aromatic rings. The van der Waals surface area contributed by atoms with Gasteiger partial charge in [0, 0.05) is 10.0 Å². The normalized spacial score (nSPS) is 16.0. The van der Waals surface area contributed by atoms with E-state index in [0.29, 0.717) is 39.2 Å². The molecule has 2 N–H and O–H groups in total. The van der Waals surface area contributed by atoms with Crippen LogP contribution in [0.4, 0.5) is 0 Å². The van der Waals surface area contributed by atoms with Gasteiger partial charge in [0.2, 0.25) is 5.88 Å². The van der Waals surface area contributed by atoms with E-state index in [1.54, 1.807) is 19.9 Å². The van der Waals surface area contributed by atoms with Crippen molar-refractivity contribution in [1.82, 2.24) is 0 Å². The monoisotopic (exact) mass is 422 g/mol. The summed E-state index contributed by atoms with van der Waals surface area (Å²) in [5.41, 5.74) is 7.85. The van der Waals surface area contributed by atoms with Crippen molar-refractivity contribution in [3.63, 3.8) is 0 Å². The lowest BCUT2D eigenvalue weighted by Gasteiger charge is -2.26. The highest BCUT2D eigenvalue weighted by atomic mass is 79.9. The average Bonchev–Trinajstić information content (AvgIpc) is 2.85. The van der Waals surface area contributed by atoms with Gasteiger partial charge in [-0.25, -0.2) is 0 Å². The van der Waals surface area contributed by atoms with Crippen molar-refractivity contribution in [3.8, 4) is 11.8 Å². The second-order valence-corrected chi connectivity index (χ2v) is 7.34. The highest BCUT2D eigenvalue weighted by Gasteiger charge is 2.32. The standard InChI is InChI=1S/C21H15BrN2O3/c1-10-17-16(25)8-7-14-19(12-3-5-13(22)6-4-12)15(9-23)21(24)27-20(14)18(17)11(2)26-10/h3-8,19H,24H2,1-2H3/t19-/m1/s1. The Bertz CT molecular complexity index is 1220. The van der Waals surface area contributed by atoms with Crippen LogP contribution in [0.2, 0.25) is 0 Å². The molecule has 0 saturated heterocycles. The van der Waals surface area contributed by atoms with Crippen LogP contribution in [0.25, 0.3) is 10.8 Å². The van der Waals surface area contributed by atoms with E-state index in [-0.39, 0.29) is 11.3 Å². The van der Waals surface area contributed by atoms with Gasteiger partial charge in [-0.3, -0.25) is 4.79 Å². The van der Waals surface area contributed by atoms with Gasteiger partial charge in [-0.15, -0.1) is 0 Å². The number of ether oxygens (including phenoxy) is 1. The maximum absolute atomic E-state index is 12.7. The summed E-state index contributed by atoms with van der Waals surface area (Å²) in [5.74, 6) is 1.18. The smallest absolute Gasteiger partial charge is 0.205 e. The van der Waals surface area contributed by atoms with Crippen LogP contribution in [0.1, 0.15) is 28.6 Å². The Morgan fingerprint density at radius 3 is 2.41 bits per heavy atom. The van der Waals surface area contributed by atoms with Crippen molar-refractivity contribution in [2.75, 3.05) is 0 Å². The second-order valence-electron chi connectivity index (χ2n) is 6.42. The summed E-state index contributed by atoms with van der Waals surface area (Å²) in [6.45, 7) is 3.53. The Hall–Kier alpha value is -3.04. The summed E-state index contributed by atoms with van der Waals surface area (Å²) in [7, 11) is 0. The van der Waals surface area contributed by atoms with Crippen molar-refractivity contribution < 1.29 is 9.15 Å². The van der Waals surface area contributed by atoms with Crippen molar-refractivity contribution in [1.29, 1.82) is 5.26 Å². The van der Waals surface area contributed by atoms with Crippen molar-refractivity contribution in [3.05, 3.63) is 85.2 Å². The molecule has 0 radical (unpaired) electrons. The molecule has 27 heavy (non-hydrogen) atoms. The summed E-state index contributed by atoms with van der Waals surface area (Å²) in [6.07, 6.45) is 0. The number of furan rings is 1. The minimum absolute atomic E-state index is 0.0381. The predicted octanol–water partition coefficient (Wildman–Crippen LogP) is 4.39. The Kier molecular flexibility index (Phi) is 4.05. The van der Waals surface area contributed by atoms with Gasteiger partial charge in [-0.05, 0) is 37.6 Å². The third kappa shape index (κ3) is 2.63. The first-order valence-corrected chi connectivity index (χ1v) is 9.11. The molecule has 2 aromatic carbocycles. The Balaban J connectivity index is 2.13. The Labute approximate surface area is 163 Å². The first-order valence-electron chi connectivity index (χ1n) is 8.32. The molecule has 1 aromatic heterocycles. The molecule has 134 valence electrons. The summed E-state index contributed by atoms with van der Waals surface area (Å²) < 4.78 is 12.5. The van der Waals surface area contributed by atoms with Gasteiger partial charge in [0.05, 0.1) is 16.7 Å². The number of benzene rings is 1. The molecule has 0 fully saturated rings. The topological polar surface area (TPSA) is 89.2 Å². The third-order valence-electron chi connectivity index (χ3n) is 4.81. The second kappa shape index (κ2) is 6.29. The van der Waals surface area contributed by atoms with Crippen LogP contribution >= 0.6 is 15.9 Å². The zero-order valence-electron chi connectivity index (χ0n) is 14.7. The van der Waals surface area contributed by atoms with E-state index in [1.807, 2.05) is 24.3 Å². The van der Waals surface area contributed by atoms with Gasteiger partial charge >= 0.3 is 0 Å². The molecule has 0 unspecified atom stereocenters. The lowest BCUT2D eigenvalue weighted by molar-refractivity contribution is 0.398. The first kappa shape index (κ1) is 17.4. The van der Waals surface area contributed by atoms with Crippen LogP contribution < -0.4 is 15.9 Å². The fourth-order valence-electron chi connectivity index (χ4n) is 3.64. The molecule has 0 saturated carbocycles. The van der Waals surface area contributed by atoms with Crippen molar-refractivity contribution >= 4 is 26.7 Å². The number of nitrogens with zero attached hydrogens (tertiary/aromatic N) is 1. The molecule has 0 amide bonds. The summed E-state index contributed by atoms with van der Waals surface area (Å²) in [6, 6.07) is 13.0. The average molecular weight is 423 g/mol. The van der Waals surface area contributed by atoms with Crippen LogP contribution in [0.3, 0.4) is 0 Å². The van der Waals surface area contributed by atoms with E-state index in [1.165, 1.54) is 6.07 Å². The minimum atomic E-state index is -0.434. The van der Waals surface area contributed by atoms with E-state index in [2.05, 4.69) is 22.0 Å². The van der Waals surface area contributed by atoms with Crippen LogP contribution in [-0.2, 0) is 0 Å². The van der Waals surface area contributed by atoms with Gasteiger partial charge in [0.1, 0.15) is 28.9 Å². The van der Waals surface area contributed by atoms with E-state index < -0.39 is 5.92 Å². The van der Waals surface area contributed by atoms with Gasteiger partial charge in [-0.1, -0.05) is 34.1 Å². The van der Waals surface area contributed by atoms with E-state index >= 15 is 0 Å². The minimum Gasteiger partial charge on any atom is -0.465 e. The molecule has 1 aliphatic heterocycles. The Morgan fingerprint density at radius 2 is 1.74 bits per heavy atom. The number of fused-ring (bicyclic) bond motifs is 3. The maximum atomic E-state index is 12.7. The van der Waals surface area contributed by atoms with Crippen LogP contribution in [0.15, 0.2) is 61.5 Å². The SMILES string of the molecule is Cc1oc(C)c2c(=O)ccc3c(c12)OC(N)=C(C#N)[C@@H]3c1ccc(Br)cc1. The van der Waals surface area contributed by atoms with Crippen molar-refractivity contribution in [2.45, 2.75) is 19.8 Å². The lowest BCUT2D eigenvalue weighted by Crippen LogP contribution is -2.20. The van der Waals surface area contributed by atoms with Crippen LogP contribution in [0.5, 0.6) is 5.75 Å². The summed E-state index contributed by atoms with van der Waals surface area (Å²) >= 11 is 3.43. The number of nitrogens with two attached hydrogens (primary N) is 1. The molecular weight excluding hydrogens is 408 g/mol. The molecule has 4 rings (SSSR count). The summed E-state index contributed by atoms with van der Waals surface area (Å²) in [5, 5.41) is 10.8. The molecule has 0 spiro atoms.